The Morgan fingerprint density at radius 2 is 2.35 bits per heavy atom. The average molecular weight is 319 g/mol. The van der Waals surface area contributed by atoms with Crippen molar-refractivity contribution in [2.45, 2.75) is 25.8 Å². The molecule has 4 nitrogen and oxygen atoms in total. The van der Waals surface area contributed by atoms with Crippen LogP contribution in [0, 0.1) is 6.92 Å². The van der Waals surface area contributed by atoms with Crippen LogP contribution in [0.15, 0.2) is 18.2 Å². The van der Waals surface area contributed by atoms with Gasteiger partial charge < -0.3 is 15.4 Å². The van der Waals surface area contributed by atoms with Gasteiger partial charge >= 0.3 is 0 Å². The van der Waals surface area contributed by atoms with Gasteiger partial charge in [0.15, 0.2) is 6.61 Å². The maximum absolute atomic E-state index is 11.6. The Bertz CT molecular complexity index is 449. The third kappa shape index (κ3) is 5.19. The van der Waals surface area contributed by atoms with Crippen LogP contribution in [0.4, 0.5) is 0 Å². The molecule has 2 rings (SSSR count). The second-order valence-corrected chi connectivity index (χ2v) is 5.20. The molecule has 1 aliphatic rings. The summed E-state index contributed by atoms with van der Waals surface area (Å²) in [5.41, 5.74) is 0.940. The minimum atomic E-state index is -0.0960. The Labute approximate surface area is 130 Å². The van der Waals surface area contributed by atoms with Crippen LogP contribution in [-0.2, 0) is 4.79 Å². The first-order chi connectivity index (χ1) is 9.15. The number of carbonyl (C=O) groups is 1. The Kier molecular flexibility index (Phi) is 7.13. The van der Waals surface area contributed by atoms with Crippen LogP contribution in [-0.4, -0.2) is 31.6 Å². The number of hydrogen-bond acceptors (Lipinski definition) is 3. The van der Waals surface area contributed by atoms with Crippen LogP contribution in [0.2, 0.25) is 5.02 Å². The quantitative estimate of drug-likeness (QED) is 0.876. The number of nitrogens with one attached hydrogen (secondary N) is 2. The summed E-state index contributed by atoms with van der Waals surface area (Å²) in [5.74, 6) is 0.567. The highest BCUT2D eigenvalue weighted by atomic mass is 35.5. The predicted octanol–water partition coefficient (Wildman–Crippen LogP) is 2.32. The summed E-state index contributed by atoms with van der Waals surface area (Å²) in [6.45, 7) is 3.65. The zero-order valence-electron chi connectivity index (χ0n) is 11.4. The average Bonchev–Trinajstić information content (AvgIpc) is 2.91. The second kappa shape index (κ2) is 8.35. The Morgan fingerprint density at radius 3 is 3.00 bits per heavy atom. The summed E-state index contributed by atoms with van der Waals surface area (Å²) in [7, 11) is 0. The van der Waals surface area contributed by atoms with E-state index in [-0.39, 0.29) is 24.9 Å². The first-order valence-corrected chi connectivity index (χ1v) is 6.92. The van der Waals surface area contributed by atoms with E-state index in [2.05, 4.69) is 10.6 Å². The van der Waals surface area contributed by atoms with Gasteiger partial charge in [0, 0.05) is 17.6 Å². The van der Waals surface area contributed by atoms with Crippen molar-refractivity contribution >= 4 is 29.9 Å². The Hall–Kier alpha value is -0.970. The minimum absolute atomic E-state index is 0. The molecule has 0 bridgehead atoms. The number of benzene rings is 1. The van der Waals surface area contributed by atoms with E-state index in [0.29, 0.717) is 23.4 Å². The number of amides is 1. The van der Waals surface area contributed by atoms with Crippen LogP contribution >= 0.6 is 24.0 Å². The van der Waals surface area contributed by atoms with Gasteiger partial charge in [0.05, 0.1) is 0 Å². The van der Waals surface area contributed by atoms with Crippen molar-refractivity contribution in [1.29, 1.82) is 0 Å². The monoisotopic (exact) mass is 318 g/mol. The molecule has 1 atom stereocenters. The number of halogens is 2. The van der Waals surface area contributed by atoms with Crippen molar-refractivity contribution in [3.63, 3.8) is 0 Å². The van der Waals surface area contributed by atoms with Crippen molar-refractivity contribution in [3.05, 3.63) is 28.8 Å². The summed E-state index contributed by atoms with van der Waals surface area (Å²) >= 11 is 5.92. The molecule has 1 saturated heterocycles. The van der Waals surface area contributed by atoms with E-state index >= 15 is 0 Å². The number of rotatable bonds is 5. The van der Waals surface area contributed by atoms with Crippen molar-refractivity contribution < 1.29 is 9.53 Å². The topological polar surface area (TPSA) is 50.4 Å². The molecule has 0 radical (unpaired) electrons. The van der Waals surface area contributed by atoms with Gasteiger partial charge in [0.2, 0.25) is 0 Å². The zero-order chi connectivity index (χ0) is 13.7. The van der Waals surface area contributed by atoms with Crippen molar-refractivity contribution in [2.75, 3.05) is 19.7 Å². The number of hydrogen-bond donors (Lipinski definition) is 2. The van der Waals surface area contributed by atoms with Gasteiger partial charge in [-0.2, -0.15) is 0 Å². The van der Waals surface area contributed by atoms with E-state index in [9.17, 15) is 4.79 Å². The molecule has 0 aliphatic carbocycles. The highest BCUT2D eigenvalue weighted by Gasteiger charge is 2.14. The molecule has 2 N–H and O–H groups in total. The lowest BCUT2D eigenvalue weighted by atomic mass is 10.2. The van der Waals surface area contributed by atoms with Crippen LogP contribution in [0.5, 0.6) is 5.75 Å². The lowest BCUT2D eigenvalue weighted by Crippen LogP contribution is -2.39. The van der Waals surface area contributed by atoms with Gasteiger partial charge in [-0.3, -0.25) is 4.79 Å². The summed E-state index contributed by atoms with van der Waals surface area (Å²) in [6, 6.07) is 5.77. The fourth-order valence-corrected chi connectivity index (χ4v) is 2.19. The highest BCUT2D eigenvalue weighted by Crippen LogP contribution is 2.20. The van der Waals surface area contributed by atoms with Gasteiger partial charge in [0.25, 0.3) is 5.91 Å². The maximum atomic E-state index is 11.6. The largest absolute Gasteiger partial charge is 0.484 e. The summed E-state index contributed by atoms with van der Waals surface area (Å²) < 4.78 is 5.43. The fraction of sp³-hybridized carbons (Fsp3) is 0.500. The van der Waals surface area contributed by atoms with E-state index in [4.69, 9.17) is 16.3 Å². The third-order valence-electron chi connectivity index (χ3n) is 3.21. The lowest BCUT2D eigenvalue weighted by molar-refractivity contribution is -0.123. The first kappa shape index (κ1) is 17.1. The summed E-state index contributed by atoms with van der Waals surface area (Å²) in [6.07, 6.45) is 2.30. The van der Waals surface area contributed by atoms with Crippen LogP contribution in [0.3, 0.4) is 0 Å². The van der Waals surface area contributed by atoms with Gasteiger partial charge in [-0.1, -0.05) is 11.6 Å². The maximum Gasteiger partial charge on any atom is 0.257 e. The van der Waals surface area contributed by atoms with E-state index in [0.717, 1.165) is 18.5 Å². The van der Waals surface area contributed by atoms with E-state index < -0.39 is 0 Å². The highest BCUT2D eigenvalue weighted by molar-refractivity contribution is 6.31. The molecular weight excluding hydrogens is 299 g/mol. The van der Waals surface area contributed by atoms with Gasteiger partial charge in [-0.25, -0.2) is 0 Å². The SMILES string of the molecule is Cc1cc(OCC(=O)NCC2CCCN2)ccc1Cl.Cl. The molecule has 20 heavy (non-hydrogen) atoms. The number of aryl methyl sites for hydroxylation is 1. The minimum Gasteiger partial charge on any atom is -0.484 e. The molecule has 1 unspecified atom stereocenters. The van der Waals surface area contributed by atoms with Gasteiger partial charge in [-0.05, 0) is 50.1 Å². The standard InChI is InChI=1S/C14H19ClN2O2.ClH/c1-10-7-12(4-5-13(10)15)19-9-14(18)17-8-11-3-2-6-16-11;/h4-5,7,11,16H,2-3,6,8-9H2,1H3,(H,17,18);1H. The molecule has 0 aromatic heterocycles. The Balaban J connectivity index is 0.00000200. The molecule has 1 heterocycles. The van der Waals surface area contributed by atoms with E-state index in [1.165, 1.54) is 6.42 Å². The molecule has 1 aromatic rings. The van der Waals surface area contributed by atoms with E-state index in [1.54, 1.807) is 12.1 Å². The third-order valence-corrected chi connectivity index (χ3v) is 3.63. The van der Waals surface area contributed by atoms with Crippen molar-refractivity contribution in [2.24, 2.45) is 0 Å². The smallest absolute Gasteiger partial charge is 0.257 e. The summed E-state index contributed by atoms with van der Waals surface area (Å²) in [4.78, 5) is 11.6. The number of carbonyl (C=O) groups excluding carboxylic acids is 1. The molecule has 1 amide bonds. The molecule has 112 valence electrons. The van der Waals surface area contributed by atoms with Gasteiger partial charge in [-0.15, -0.1) is 12.4 Å². The zero-order valence-corrected chi connectivity index (χ0v) is 13.0. The molecular formula is C14H20Cl2N2O2. The van der Waals surface area contributed by atoms with Crippen molar-refractivity contribution in [1.82, 2.24) is 10.6 Å². The van der Waals surface area contributed by atoms with Gasteiger partial charge in [0.1, 0.15) is 5.75 Å². The van der Waals surface area contributed by atoms with Crippen LogP contribution < -0.4 is 15.4 Å². The van der Waals surface area contributed by atoms with Crippen molar-refractivity contribution in [3.8, 4) is 5.75 Å². The van der Waals surface area contributed by atoms with Crippen LogP contribution in [0.1, 0.15) is 18.4 Å². The second-order valence-electron chi connectivity index (χ2n) is 4.80. The Morgan fingerprint density at radius 1 is 1.55 bits per heavy atom. The molecule has 6 heteroatoms. The molecule has 1 aliphatic heterocycles. The lowest BCUT2D eigenvalue weighted by Gasteiger charge is -2.12. The molecule has 0 spiro atoms. The fourth-order valence-electron chi connectivity index (χ4n) is 2.07. The first-order valence-electron chi connectivity index (χ1n) is 6.54. The summed E-state index contributed by atoms with van der Waals surface area (Å²) in [5, 5.41) is 6.90. The normalized spacial score (nSPS) is 17.4. The number of ether oxygens (including phenoxy) is 1. The van der Waals surface area contributed by atoms with Crippen LogP contribution in [0.25, 0.3) is 0 Å². The molecule has 1 fully saturated rings. The molecule has 1 aromatic carbocycles. The van der Waals surface area contributed by atoms with E-state index in [1.807, 2.05) is 13.0 Å². The molecule has 0 saturated carbocycles. The predicted molar refractivity (Wildman–Crippen MR) is 83.0 cm³/mol.